The molecule has 0 spiro atoms. The topological polar surface area (TPSA) is 97.1 Å². The molecule has 156 valence electrons. The van der Waals surface area contributed by atoms with Crippen molar-refractivity contribution in [2.24, 2.45) is 0 Å². The number of aryl methyl sites for hydroxylation is 2. The Balaban J connectivity index is 1.54. The highest BCUT2D eigenvalue weighted by atomic mass is 32.1. The molecule has 2 N–H and O–H groups in total. The molecule has 0 aliphatic rings. The minimum absolute atomic E-state index is 0.173. The molecule has 0 fully saturated rings. The first-order chi connectivity index (χ1) is 14.9. The summed E-state index contributed by atoms with van der Waals surface area (Å²) >= 11 is 1.50. The maximum Gasteiger partial charge on any atom is 0.275 e. The first-order valence-corrected chi connectivity index (χ1v) is 10.5. The van der Waals surface area contributed by atoms with Gasteiger partial charge in [0.25, 0.3) is 11.5 Å². The lowest BCUT2D eigenvalue weighted by Crippen LogP contribution is -2.29. The monoisotopic (exact) mass is 432 g/mol. The number of carbonyl (C=O) groups excluding carboxylic acids is 1. The quantitative estimate of drug-likeness (QED) is 0.502. The van der Waals surface area contributed by atoms with E-state index in [1.54, 1.807) is 18.2 Å². The molecule has 0 saturated carbocycles. The Kier molecular flexibility index (Phi) is 5.64. The van der Waals surface area contributed by atoms with Gasteiger partial charge in [0.05, 0.1) is 17.9 Å². The summed E-state index contributed by atoms with van der Waals surface area (Å²) in [6, 6.07) is 16.1. The van der Waals surface area contributed by atoms with Gasteiger partial charge in [-0.1, -0.05) is 36.4 Å². The second-order valence-corrected chi connectivity index (χ2v) is 7.97. The second-order valence-electron chi connectivity index (χ2n) is 7.11. The van der Waals surface area contributed by atoms with Crippen LogP contribution in [0.5, 0.6) is 5.75 Å². The molecule has 0 aliphatic carbocycles. The van der Waals surface area contributed by atoms with Gasteiger partial charge in [-0.25, -0.2) is 4.98 Å². The van der Waals surface area contributed by atoms with Gasteiger partial charge in [0.1, 0.15) is 5.01 Å². The van der Waals surface area contributed by atoms with E-state index >= 15 is 0 Å². The summed E-state index contributed by atoms with van der Waals surface area (Å²) in [7, 11) is 0. The number of nitrogens with zero attached hydrogens (tertiary/aromatic N) is 3. The van der Waals surface area contributed by atoms with Gasteiger partial charge >= 0.3 is 0 Å². The van der Waals surface area contributed by atoms with Crippen LogP contribution in [0.1, 0.15) is 27.3 Å². The van der Waals surface area contributed by atoms with E-state index in [1.165, 1.54) is 11.3 Å². The number of hydrogen-bond donors (Lipinski definition) is 2. The maximum absolute atomic E-state index is 12.7. The molecule has 2 heterocycles. The van der Waals surface area contributed by atoms with Crippen molar-refractivity contribution in [1.29, 1.82) is 0 Å². The first kappa shape index (κ1) is 20.5. The van der Waals surface area contributed by atoms with Gasteiger partial charge in [-0.15, -0.1) is 11.3 Å². The van der Waals surface area contributed by atoms with Crippen molar-refractivity contribution >= 4 is 17.2 Å². The van der Waals surface area contributed by atoms with E-state index in [0.29, 0.717) is 11.4 Å². The van der Waals surface area contributed by atoms with E-state index in [0.717, 1.165) is 32.4 Å². The van der Waals surface area contributed by atoms with Crippen molar-refractivity contribution in [2.45, 2.75) is 20.4 Å². The standard InChI is InChI=1S/C23H20N4O3S/c1-14-6-5-8-17(10-14)27-20(29)11-19(28)21(26-27)22(30)24-12-16-13-31-23(25-16)18-9-4-3-7-15(18)2/h3-11,13,28H,12H2,1-2H3,(H,24,30). The minimum Gasteiger partial charge on any atom is -0.505 e. The Bertz CT molecular complexity index is 1330. The molecule has 31 heavy (non-hydrogen) atoms. The van der Waals surface area contributed by atoms with Gasteiger partial charge in [0.15, 0.2) is 11.4 Å². The number of carbonyl (C=O) groups is 1. The largest absolute Gasteiger partial charge is 0.505 e. The lowest BCUT2D eigenvalue weighted by molar-refractivity contribution is 0.0940. The molecule has 2 aromatic carbocycles. The number of hydrogen-bond acceptors (Lipinski definition) is 6. The number of aromatic nitrogens is 3. The molecular formula is C23H20N4O3S. The molecule has 0 aliphatic heterocycles. The molecule has 8 heteroatoms. The van der Waals surface area contributed by atoms with E-state index in [9.17, 15) is 14.7 Å². The number of aromatic hydroxyl groups is 1. The van der Waals surface area contributed by atoms with Crippen LogP contribution in [-0.2, 0) is 6.54 Å². The normalized spacial score (nSPS) is 10.8. The Labute approximate surface area is 182 Å². The van der Waals surface area contributed by atoms with E-state index in [4.69, 9.17) is 0 Å². The smallest absolute Gasteiger partial charge is 0.275 e. The molecule has 2 aromatic heterocycles. The van der Waals surface area contributed by atoms with Crippen molar-refractivity contribution in [3.63, 3.8) is 0 Å². The molecule has 0 bridgehead atoms. The van der Waals surface area contributed by atoms with E-state index in [2.05, 4.69) is 15.4 Å². The van der Waals surface area contributed by atoms with Crippen LogP contribution in [0.2, 0.25) is 0 Å². The van der Waals surface area contributed by atoms with Gasteiger partial charge in [0, 0.05) is 17.0 Å². The second kappa shape index (κ2) is 8.53. The zero-order chi connectivity index (χ0) is 22.0. The molecule has 4 rings (SSSR count). The predicted molar refractivity (Wildman–Crippen MR) is 120 cm³/mol. The van der Waals surface area contributed by atoms with Crippen LogP contribution in [-0.4, -0.2) is 25.8 Å². The third kappa shape index (κ3) is 4.39. The molecular weight excluding hydrogens is 412 g/mol. The van der Waals surface area contributed by atoms with Crippen LogP contribution in [0.15, 0.2) is 64.8 Å². The Hall–Kier alpha value is -3.78. The third-order valence-electron chi connectivity index (χ3n) is 4.73. The fourth-order valence-corrected chi connectivity index (χ4v) is 4.04. The fourth-order valence-electron chi connectivity index (χ4n) is 3.13. The lowest BCUT2D eigenvalue weighted by atomic mass is 10.1. The van der Waals surface area contributed by atoms with Crippen molar-refractivity contribution < 1.29 is 9.90 Å². The Morgan fingerprint density at radius 1 is 1.13 bits per heavy atom. The summed E-state index contributed by atoms with van der Waals surface area (Å²) in [6.07, 6.45) is 0. The highest BCUT2D eigenvalue weighted by Crippen LogP contribution is 2.26. The van der Waals surface area contributed by atoms with Crippen LogP contribution in [0.4, 0.5) is 0 Å². The van der Waals surface area contributed by atoms with Crippen LogP contribution < -0.4 is 10.9 Å². The Morgan fingerprint density at radius 3 is 2.71 bits per heavy atom. The summed E-state index contributed by atoms with van der Waals surface area (Å²) in [5, 5.41) is 19.7. The molecule has 0 atom stereocenters. The van der Waals surface area contributed by atoms with E-state index < -0.39 is 17.2 Å². The zero-order valence-electron chi connectivity index (χ0n) is 17.0. The van der Waals surface area contributed by atoms with Crippen LogP contribution in [0.3, 0.4) is 0 Å². The lowest BCUT2D eigenvalue weighted by Gasteiger charge is -2.09. The van der Waals surface area contributed by atoms with Crippen molar-refractivity contribution in [1.82, 2.24) is 20.1 Å². The van der Waals surface area contributed by atoms with Crippen molar-refractivity contribution in [3.05, 3.63) is 92.8 Å². The summed E-state index contributed by atoms with van der Waals surface area (Å²) in [4.78, 5) is 29.5. The SMILES string of the molecule is Cc1cccc(-n2nc(C(=O)NCc3csc(-c4ccccc4C)n3)c(O)cc2=O)c1. The third-order valence-corrected chi connectivity index (χ3v) is 5.65. The molecule has 0 saturated heterocycles. The molecule has 0 unspecified atom stereocenters. The van der Waals surface area contributed by atoms with Gasteiger partial charge in [0.2, 0.25) is 0 Å². The Morgan fingerprint density at radius 2 is 1.94 bits per heavy atom. The van der Waals surface area contributed by atoms with E-state index in [1.807, 2.05) is 49.6 Å². The maximum atomic E-state index is 12.7. The van der Waals surface area contributed by atoms with Gasteiger partial charge in [-0.2, -0.15) is 9.78 Å². The molecule has 4 aromatic rings. The summed E-state index contributed by atoms with van der Waals surface area (Å²) in [6.45, 7) is 4.09. The van der Waals surface area contributed by atoms with Gasteiger partial charge in [-0.05, 0) is 37.1 Å². The predicted octanol–water partition coefficient (Wildman–Crippen LogP) is 3.61. The molecule has 1 amide bonds. The van der Waals surface area contributed by atoms with Crippen molar-refractivity contribution in [2.75, 3.05) is 0 Å². The molecule has 0 radical (unpaired) electrons. The number of rotatable bonds is 5. The van der Waals surface area contributed by atoms with Crippen LogP contribution in [0, 0.1) is 13.8 Å². The first-order valence-electron chi connectivity index (χ1n) is 9.61. The average Bonchev–Trinajstić information content (AvgIpc) is 3.21. The van der Waals surface area contributed by atoms with Crippen LogP contribution in [0.25, 0.3) is 16.3 Å². The summed E-state index contributed by atoms with van der Waals surface area (Å²) in [5.41, 5.74) is 3.58. The highest BCUT2D eigenvalue weighted by Gasteiger charge is 2.17. The van der Waals surface area contributed by atoms with Gasteiger partial charge in [-0.3, -0.25) is 9.59 Å². The number of thiazole rings is 1. The highest BCUT2D eigenvalue weighted by molar-refractivity contribution is 7.13. The number of benzene rings is 2. The number of nitrogens with one attached hydrogen (secondary N) is 1. The number of amides is 1. The summed E-state index contributed by atoms with van der Waals surface area (Å²) in [5.74, 6) is -1.06. The van der Waals surface area contributed by atoms with Gasteiger partial charge < -0.3 is 10.4 Å². The summed E-state index contributed by atoms with van der Waals surface area (Å²) < 4.78 is 1.10. The van der Waals surface area contributed by atoms with Crippen molar-refractivity contribution in [3.8, 4) is 22.0 Å². The zero-order valence-corrected chi connectivity index (χ0v) is 17.8. The fraction of sp³-hybridized carbons (Fsp3) is 0.130. The van der Waals surface area contributed by atoms with Crippen LogP contribution >= 0.6 is 11.3 Å². The average molecular weight is 433 g/mol. The molecule has 7 nitrogen and oxygen atoms in total. The minimum atomic E-state index is -0.593. The van der Waals surface area contributed by atoms with E-state index in [-0.39, 0.29) is 12.2 Å².